The first-order chi connectivity index (χ1) is 15.4. The zero-order valence-corrected chi connectivity index (χ0v) is 19.7. The molecule has 1 aliphatic heterocycles. The molecule has 1 N–H and O–H groups in total. The van der Waals surface area contributed by atoms with E-state index < -0.39 is 16.2 Å². The number of anilines is 2. The second-order valence-electron chi connectivity index (χ2n) is 8.68. The number of hydrogen-bond acceptors (Lipinski definition) is 6. The lowest BCUT2D eigenvalue weighted by Crippen LogP contribution is -2.43. The number of nitrogens with zero attached hydrogens (tertiary/aromatic N) is 3. The van der Waals surface area contributed by atoms with Crippen LogP contribution in [0.2, 0.25) is 0 Å². The Labute approximate surface area is 192 Å². The predicted molar refractivity (Wildman–Crippen MR) is 124 cm³/mol. The molecule has 2 aliphatic carbocycles. The fourth-order valence-corrected chi connectivity index (χ4v) is 7.44. The number of benzene rings is 1. The van der Waals surface area contributed by atoms with Crippen LogP contribution in [0.1, 0.15) is 53.6 Å². The third kappa shape index (κ3) is 4.11. The molecular weight excluding hydrogens is 448 g/mol. The van der Waals surface area contributed by atoms with Gasteiger partial charge < -0.3 is 15.2 Å². The van der Waals surface area contributed by atoms with Crippen molar-refractivity contribution in [3.63, 3.8) is 0 Å². The average molecular weight is 476 g/mol. The van der Waals surface area contributed by atoms with Crippen LogP contribution in [0.15, 0.2) is 16.5 Å². The molecule has 0 bridgehead atoms. The first-order valence-electron chi connectivity index (χ1n) is 11.2. The van der Waals surface area contributed by atoms with Gasteiger partial charge in [-0.1, -0.05) is 6.07 Å². The van der Waals surface area contributed by atoms with Crippen molar-refractivity contribution in [2.24, 2.45) is 4.40 Å². The Kier molecular flexibility index (Phi) is 5.85. The van der Waals surface area contributed by atoms with Crippen LogP contribution in [0, 0.1) is 6.92 Å². The number of hydrogen-bond donors (Lipinski definition) is 1. The summed E-state index contributed by atoms with van der Waals surface area (Å²) in [7, 11) is -4.25. The summed E-state index contributed by atoms with van der Waals surface area (Å²) >= 11 is 1.11. The minimum atomic E-state index is -4.25. The van der Waals surface area contributed by atoms with Gasteiger partial charge in [-0.25, -0.2) is 4.31 Å². The van der Waals surface area contributed by atoms with Crippen LogP contribution >= 0.6 is 11.5 Å². The van der Waals surface area contributed by atoms with Crippen LogP contribution in [0.4, 0.5) is 10.7 Å². The highest BCUT2D eigenvalue weighted by Gasteiger charge is 2.33. The summed E-state index contributed by atoms with van der Waals surface area (Å²) in [6.45, 7) is 2.76. The number of amidine groups is 1. The third-order valence-electron chi connectivity index (χ3n) is 6.51. The van der Waals surface area contributed by atoms with Gasteiger partial charge in [-0.2, -0.15) is 12.8 Å². The fourth-order valence-electron chi connectivity index (χ4n) is 5.10. The van der Waals surface area contributed by atoms with Gasteiger partial charge in [0.1, 0.15) is 5.00 Å². The van der Waals surface area contributed by atoms with Gasteiger partial charge in [-0.05, 0) is 98.1 Å². The number of aromatic nitrogens is 1. The zero-order valence-electron chi connectivity index (χ0n) is 18.1. The minimum Gasteiger partial charge on any atom is -0.845 e. The lowest BCUT2D eigenvalue weighted by molar-refractivity contribution is -0.213. The van der Waals surface area contributed by atoms with E-state index in [9.17, 15) is 13.5 Å². The van der Waals surface area contributed by atoms with Crippen LogP contribution in [0.3, 0.4) is 0 Å². The normalized spacial score (nSPS) is 19.1. The SMILES string of the molecule is Cc1cc(N(C2CCOCC2)S(=O)(=O)/N=C(\[O-])Nc2c3c(cc4c2CCC4)CCC3)sn1. The first-order valence-corrected chi connectivity index (χ1v) is 13.4. The highest BCUT2D eigenvalue weighted by atomic mass is 32.2. The molecule has 1 aromatic heterocycles. The quantitative estimate of drug-likeness (QED) is 0.526. The van der Waals surface area contributed by atoms with E-state index >= 15 is 0 Å². The fraction of sp³-hybridized carbons (Fsp3) is 0.545. The Morgan fingerprint density at radius 2 is 1.81 bits per heavy atom. The van der Waals surface area contributed by atoms with Crippen LogP contribution in [-0.2, 0) is 40.6 Å². The molecule has 0 saturated carbocycles. The van der Waals surface area contributed by atoms with Crippen molar-refractivity contribution in [1.82, 2.24) is 4.37 Å². The van der Waals surface area contributed by atoms with Gasteiger partial charge in [-0.3, -0.25) is 0 Å². The van der Waals surface area contributed by atoms with E-state index in [1.165, 1.54) is 15.4 Å². The maximum Gasteiger partial charge on any atom is 0.346 e. The van der Waals surface area contributed by atoms with Gasteiger partial charge in [0.25, 0.3) is 0 Å². The molecule has 8 nitrogen and oxygen atoms in total. The maximum atomic E-state index is 13.3. The smallest absolute Gasteiger partial charge is 0.346 e. The first kappa shape index (κ1) is 21.7. The van der Waals surface area contributed by atoms with Gasteiger partial charge in [0.15, 0.2) is 0 Å². The van der Waals surface area contributed by atoms with Crippen molar-refractivity contribution in [3.05, 3.63) is 40.1 Å². The minimum absolute atomic E-state index is 0.310. The molecule has 1 fully saturated rings. The number of rotatable bonds is 5. The van der Waals surface area contributed by atoms with Crippen molar-refractivity contribution in [2.45, 2.75) is 64.3 Å². The van der Waals surface area contributed by atoms with Crippen molar-refractivity contribution >= 4 is 38.5 Å². The number of fused-ring (bicyclic) bond motifs is 2. The van der Waals surface area contributed by atoms with E-state index in [-0.39, 0.29) is 6.04 Å². The van der Waals surface area contributed by atoms with Gasteiger partial charge in [0.2, 0.25) is 0 Å². The standard InChI is InChI=1S/C22H28N4O4S2/c1-14-12-20(31-24-14)26(17-8-10-30-11-9-17)32(28,29)25-22(27)23-21-18-6-2-4-15(18)13-16-5-3-7-19(16)21/h12-13,17H,2-11H2,1H3,(H2,23,25,27)/p-1. The van der Waals surface area contributed by atoms with Gasteiger partial charge in [-0.15, -0.1) is 4.40 Å². The summed E-state index contributed by atoms with van der Waals surface area (Å²) in [5.41, 5.74) is 6.36. The van der Waals surface area contributed by atoms with Crippen LogP contribution in [0.5, 0.6) is 0 Å². The second-order valence-corrected chi connectivity index (χ2v) is 10.9. The van der Waals surface area contributed by atoms with E-state index in [4.69, 9.17) is 4.74 Å². The molecule has 3 aliphatic rings. The van der Waals surface area contributed by atoms with E-state index in [0.29, 0.717) is 31.1 Å². The summed E-state index contributed by atoms with van der Waals surface area (Å²) in [5.74, 6) is 0. The summed E-state index contributed by atoms with van der Waals surface area (Å²) in [6.07, 6.45) is 7.02. The van der Waals surface area contributed by atoms with Gasteiger partial charge in [0.05, 0.1) is 17.8 Å². The summed E-state index contributed by atoms with van der Waals surface area (Å²) in [4.78, 5) is 0. The zero-order chi connectivity index (χ0) is 22.3. The number of nitrogens with one attached hydrogen (secondary N) is 1. The van der Waals surface area contributed by atoms with E-state index in [1.807, 2.05) is 6.92 Å². The summed E-state index contributed by atoms with van der Waals surface area (Å²) in [5, 5.41) is 16.3. The molecule has 0 spiro atoms. The molecule has 0 atom stereocenters. The Hall–Kier alpha value is -2.17. The van der Waals surface area contributed by atoms with E-state index in [0.717, 1.165) is 72.6 Å². The molecule has 5 rings (SSSR count). The topological polar surface area (TPSA) is 107 Å². The molecule has 1 saturated heterocycles. The average Bonchev–Trinajstić information content (AvgIpc) is 3.49. The molecule has 32 heavy (non-hydrogen) atoms. The molecule has 2 aromatic rings. The second kappa shape index (κ2) is 8.64. The predicted octanol–water partition coefficient (Wildman–Crippen LogP) is 2.49. The summed E-state index contributed by atoms with van der Waals surface area (Å²) in [6, 6.07) is 2.85. The van der Waals surface area contributed by atoms with Gasteiger partial charge >= 0.3 is 10.2 Å². The van der Waals surface area contributed by atoms with Crippen LogP contribution < -0.4 is 14.7 Å². The highest BCUT2D eigenvalue weighted by molar-refractivity contribution is 7.91. The summed E-state index contributed by atoms with van der Waals surface area (Å²) < 4.78 is 41.3. The molecule has 0 amide bonds. The monoisotopic (exact) mass is 475 g/mol. The molecular formula is C22H27N4O4S2-. The third-order valence-corrected chi connectivity index (χ3v) is 8.89. The Balaban J connectivity index is 1.48. The Bertz CT molecular complexity index is 1120. The highest BCUT2D eigenvalue weighted by Crippen LogP contribution is 2.38. The Morgan fingerprint density at radius 1 is 1.16 bits per heavy atom. The maximum absolute atomic E-state index is 13.3. The van der Waals surface area contributed by atoms with E-state index in [1.54, 1.807) is 6.07 Å². The number of aryl methyl sites for hydroxylation is 3. The Morgan fingerprint density at radius 3 is 2.41 bits per heavy atom. The van der Waals surface area contributed by atoms with Crippen LogP contribution in [0.25, 0.3) is 0 Å². The molecule has 10 heteroatoms. The number of ether oxygens (including phenoxy) is 1. The lowest BCUT2D eigenvalue weighted by Gasteiger charge is -2.32. The van der Waals surface area contributed by atoms with Crippen molar-refractivity contribution in [2.75, 3.05) is 22.8 Å². The molecule has 2 heterocycles. The van der Waals surface area contributed by atoms with E-state index in [2.05, 4.69) is 20.2 Å². The van der Waals surface area contributed by atoms with Crippen LogP contribution in [-0.4, -0.2) is 38.1 Å². The van der Waals surface area contributed by atoms with Crippen molar-refractivity contribution in [3.8, 4) is 0 Å². The van der Waals surface area contributed by atoms with Crippen molar-refractivity contribution < 1.29 is 18.3 Å². The lowest BCUT2D eigenvalue weighted by atomic mass is 9.99. The molecule has 0 radical (unpaired) electrons. The molecule has 172 valence electrons. The molecule has 1 aromatic carbocycles. The largest absolute Gasteiger partial charge is 0.845 e. The van der Waals surface area contributed by atoms with Gasteiger partial charge in [0, 0.05) is 18.9 Å². The van der Waals surface area contributed by atoms with Crippen molar-refractivity contribution in [1.29, 1.82) is 0 Å². The molecule has 0 unspecified atom stereocenters.